The van der Waals surface area contributed by atoms with Crippen LogP contribution in [0.4, 0.5) is 0 Å². The van der Waals surface area contributed by atoms with Crippen molar-refractivity contribution in [2.45, 2.75) is 6.54 Å². The fourth-order valence-electron chi connectivity index (χ4n) is 1.60. The molecule has 0 radical (unpaired) electrons. The molecule has 0 spiro atoms. The van der Waals surface area contributed by atoms with Gasteiger partial charge in [-0.05, 0) is 29.8 Å². The smallest absolute Gasteiger partial charge is 0.354 e. The van der Waals surface area contributed by atoms with Gasteiger partial charge in [-0.25, -0.2) is 9.78 Å². The minimum Gasteiger partial charge on any atom is -0.477 e. The minimum atomic E-state index is -1.09. The molecule has 5 nitrogen and oxygen atoms in total. The molecule has 0 saturated carbocycles. The van der Waals surface area contributed by atoms with Crippen molar-refractivity contribution in [2.24, 2.45) is 0 Å². The van der Waals surface area contributed by atoms with Gasteiger partial charge < -0.3 is 10.4 Å². The largest absolute Gasteiger partial charge is 0.477 e. The molecule has 1 amide bonds. The maximum absolute atomic E-state index is 12.0. The standard InChI is InChI=1S/C14H10BrClN2O3/c15-9-2-3-11(16)10(5-9)13(19)18-7-8-1-4-12(14(20)21)17-6-8/h1-6H,7H2,(H,18,19)(H,20,21). The van der Waals surface area contributed by atoms with Crippen LogP contribution >= 0.6 is 27.5 Å². The summed E-state index contributed by atoms with van der Waals surface area (Å²) in [6.45, 7) is 0.231. The van der Waals surface area contributed by atoms with E-state index in [1.807, 2.05) is 0 Å². The summed E-state index contributed by atoms with van der Waals surface area (Å²) < 4.78 is 0.754. The van der Waals surface area contributed by atoms with Gasteiger partial charge >= 0.3 is 5.97 Å². The summed E-state index contributed by atoms with van der Waals surface area (Å²) in [5.74, 6) is -1.41. The van der Waals surface area contributed by atoms with Crippen molar-refractivity contribution in [3.63, 3.8) is 0 Å². The highest BCUT2D eigenvalue weighted by atomic mass is 79.9. The molecule has 1 aromatic carbocycles. The quantitative estimate of drug-likeness (QED) is 0.868. The number of pyridine rings is 1. The molecule has 21 heavy (non-hydrogen) atoms. The van der Waals surface area contributed by atoms with Gasteiger partial charge in [0.15, 0.2) is 0 Å². The summed E-state index contributed by atoms with van der Waals surface area (Å²) in [5, 5.41) is 11.8. The molecule has 7 heteroatoms. The number of nitrogens with zero attached hydrogens (tertiary/aromatic N) is 1. The molecule has 0 fully saturated rings. The second-order valence-electron chi connectivity index (χ2n) is 4.16. The van der Waals surface area contributed by atoms with Crippen LogP contribution in [0, 0.1) is 0 Å². The van der Waals surface area contributed by atoms with Crippen LogP contribution in [-0.4, -0.2) is 22.0 Å². The van der Waals surface area contributed by atoms with Crippen LogP contribution in [0.1, 0.15) is 26.4 Å². The lowest BCUT2D eigenvalue weighted by Gasteiger charge is -2.07. The topological polar surface area (TPSA) is 79.3 Å². The van der Waals surface area contributed by atoms with E-state index in [-0.39, 0.29) is 18.1 Å². The SMILES string of the molecule is O=C(O)c1ccc(CNC(=O)c2cc(Br)ccc2Cl)cn1. The number of amides is 1. The van der Waals surface area contributed by atoms with Gasteiger partial charge in [-0.1, -0.05) is 33.6 Å². The average molecular weight is 370 g/mol. The molecule has 1 heterocycles. The third kappa shape index (κ3) is 4.03. The Morgan fingerprint density at radius 2 is 2.05 bits per heavy atom. The molecule has 0 aliphatic heterocycles. The summed E-state index contributed by atoms with van der Waals surface area (Å²) in [6.07, 6.45) is 1.41. The number of halogens is 2. The van der Waals surface area contributed by atoms with E-state index in [0.29, 0.717) is 16.1 Å². The van der Waals surface area contributed by atoms with Gasteiger partial charge in [0.2, 0.25) is 0 Å². The van der Waals surface area contributed by atoms with Crippen LogP contribution in [0.15, 0.2) is 41.0 Å². The van der Waals surface area contributed by atoms with Crippen LogP contribution in [0.2, 0.25) is 5.02 Å². The number of hydrogen-bond acceptors (Lipinski definition) is 3. The Kier molecular flexibility index (Phi) is 4.93. The Morgan fingerprint density at radius 1 is 1.29 bits per heavy atom. The molecule has 0 aliphatic carbocycles. The molecule has 2 aromatic rings. The van der Waals surface area contributed by atoms with Gasteiger partial charge in [-0.2, -0.15) is 0 Å². The molecule has 0 bridgehead atoms. The number of carboxylic acid groups (broad SMARTS) is 1. The van der Waals surface area contributed by atoms with E-state index >= 15 is 0 Å². The fourth-order valence-corrected chi connectivity index (χ4v) is 2.17. The maximum atomic E-state index is 12.0. The summed E-state index contributed by atoms with van der Waals surface area (Å²) in [5.41, 5.74) is 1.01. The van der Waals surface area contributed by atoms with E-state index in [4.69, 9.17) is 16.7 Å². The van der Waals surface area contributed by atoms with Gasteiger partial charge in [0.05, 0.1) is 10.6 Å². The molecule has 1 aromatic heterocycles. The van der Waals surface area contributed by atoms with Gasteiger partial charge in [0, 0.05) is 17.2 Å². The highest BCUT2D eigenvalue weighted by molar-refractivity contribution is 9.10. The van der Waals surface area contributed by atoms with E-state index < -0.39 is 5.97 Å². The number of aromatic nitrogens is 1. The number of nitrogens with one attached hydrogen (secondary N) is 1. The molecule has 2 rings (SSSR count). The van der Waals surface area contributed by atoms with Crippen LogP contribution in [0.25, 0.3) is 0 Å². The average Bonchev–Trinajstić information content (AvgIpc) is 2.47. The van der Waals surface area contributed by atoms with Crippen molar-refractivity contribution in [3.05, 3.63) is 62.8 Å². The molecule has 0 unspecified atom stereocenters. The number of carboxylic acids is 1. The first-order chi connectivity index (χ1) is 9.97. The number of hydrogen-bond donors (Lipinski definition) is 2. The van der Waals surface area contributed by atoms with E-state index in [2.05, 4.69) is 26.2 Å². The van der Waals surface area contributed by atoms with Crippen molar-refractivity contribution in [1.29, 1.82) is 0 Å². The third-order valence-electron chi connectivity index (χ3n) is 2.67. The molecular formula is C14H10BrClN2O3. The summed E-state index contributed by atoms with van der Waals surface area (Å²) >= 11 is 9.25. The lowest BCUT2D eigenvalue weighted by molar-refractivity contribution is 0.0690. The minimum absolute atomic E-state index is 0.0416. The summed E-state index contributed by atoms with van der Waals surface area (Å²) in [6, 6.07) is 7.98. The Morgan fingerprint density at radius 3 is 2.67 bits per heavy atom. The maximum Gasteiger partial charge on any atom is 0.354 e. The Hall–Kier alpha value is -1.92. The molecule has 0 saturated heterocycles. The van der Waals surface area contributed by atoms with Crippen molar-refractivity contribution in [2.75, 3.05) is 0 Å². The number of benzene rings is 1. The van der Waals surface area contributed by atoms with E-state index in [0.717, 1.165) is 4.47 Å². The van der Waals surface area contributed by atoms with Crippen LogP contribution in [0.5, 0.6) is 0 Å². The molecule has 2 N–H and O–H groups in total. The summed E-state index contributed by atoms with van der Waals surface area (Å²) in [7, 11) is 0. The second-order valence-corrected chi connectivity index (χ2v) is 5.49. The molecule has 0 atom stereocenters. The number of rotatable bonds is 4. The normalized spacial score (nSPS) is 10.2. The van der Waals surface area contributed by atoms with Crippen LogP contribution < -0.4 is 5.32 Å². The molecule has 0 aliphatic rings. The monoisotopic (exact) mass is 368 g/mol. The van der Waals surface area contributed by atoms with Crippen molar-refractivity contribution in [1.82, 2.24) is 10.3 Å². The van der Waals surface area contributed by atoms with E-state index in [1.165, 1.54) is 12.3 Å². The van der Waals surface area contributed by atoms with E-state index in [9.17, 15) is 9.59 Å². The second kappa shape index (κ2) is 6.69. The number of carbonyl (C=O) groups excluding carboxylic acids is 1. The highest BCUT2D eigenvalue weighted by Gasteiger charge is 2.11. The van der Waals surface area contributed by atoms with Crippen molar-refractivity contribution < 1.29 is 14.7 Å². The predicted octanol–water partition coefficient (Wildman–Crippen LogP) is 3.13. The highest BCUT2D eigenvalue weighted by Crippen LogP contribution is 2.20. The third-order valence-corrected chi connectivity index (χ3v) is 3.49. The predicted molar refractivity (Wildman–Crippen MR) is 81.5 cm³/mol. The number of carbonyl (C=O) groups is 2. The van der Waals surface area contributed by atoms with Crippen molar-refractivity contribution >= 4 is 39.4 Å². The van der Waals surface area contributed by atoms with Gasteiger partial charge in [0.25, 0.3) is 5.91 Å². The van der Waals surface area contributed by atoms with Crippen molar-refractivity contribution in [3.8, 4) is 0 Å². The Bertz CT molecular complexity index is 689. The lowest BCUT2D eigenvalue weighted by Crippen LogP contribution is -2.23. The van der Waals surface area contributed by atoms with E-state index in [1.54, 1.807) is 24.3 Å². The zero-order valence-corrected chi connectivity index (χ0v) is 13.0. The van der Waals surface area contributed by atoms with Crippen LogP contribution in [0.3, 0.4) is 0 Å². The van der Waals surface area contributed by atoms with Crippen LogP contribution in [-0.2, 0) is 6.54 Å². The lowest BCUT2D eigenvalue weighted by atomic mass is 10.2. The van der Waals surface area contributed by atoms with Gasteiger partial charge in [-0.3, -0.25) is 4.79 Å². The Balaban J connectivity index is 2.04. The summed E-state index contributed by atoms with van der Waals surface area (Å²) in [4.78, 5) is 26.5. The molecule has 108 valence electrons. The first-order valence-electron chi connectivity index (χ1n) is 5.89. The molecular weight excluding hydrogens is 360 g/mol. The number of aromatic carboxylic acids is 1. The zero-order chi connectivity index (χ0) is 15.4. The first kappa shape index (κ1) is 15.5. The first-order valence-corrected chi connectivity index (χ1v) is 7.06. The van der Waals surface area contributed by atoms with Gasteiger partial charge in [-0.15, -0.1) is 0 Å². The zero-order valence-electron chi connectivity index (χ0n) is 10.6. The fraction of sp³-hybridized carbons (Fsp3) is 0.0714. The van der Waals surface area contributed by atoms with Gasteiger partial charge in [0.1, 0.15) is 5.69 Å². The Labute approximate surface area is 134 Å².